The first-order chi connectivity index (χ1) is 47.7. The highest BCUT2D eigenvalue weighted by molar-refractivity contribution is 7.80. The van der Waals surface area contributed by atoms with E-state index >= 15 is 9.59 Å². The van der Waals surface area contributed by atoms with Crippen molar-refractivity contribution in [3.8, 4) is 57.1 Å². The first-order valence-corrected chi connectivity index (χ1v) is 32.8. The summed E-state index contributed by atoms with van der Waals surface area (Å²) < 4.78 is 38.6. The molecule has 2 fully saturated rings. The van der Waals surface area contributed by atoms with Crippen LogP contribution in [0.4, 0.5) is 0 Å². The van der Waals surface area contributed by atoms with E-state index in [1.165, 1.54) is 45.2 Å². The number of fused-ring (bicyclic) bond motifs is 15. The van der Waals surface area contributed by atoms with Crippen LogP contribution in [-0.4, -0.2) is 190 Å². The summed E-state index contributed by atoms with van der Waals surface area (Å²) in [6, 6.07) is 0.960. The molecule has 0 spiro atoms. The van der Waals surface area contributed by atoms with Gasteiger partial charge in [0.15, 0.2) is 29.9 Å². The number of nitrogens with two attached hydrogens (primary N) is 2. The van der Waals surface area contributed by atoms with Crippen LogP contribution < -0.4 is 62.9 Å². The number of likely N-dealkylation sites (N-methyl/N-ethyl adjacent to an activating group) is 1. The number of ether oxygens (including phenoxy) is 6. The van der Waals surface area contributed by atoms with E-state index in [0.717, 1.165) is 54.6 Å². The normalized spacial score (nSPS) is 29.4. The Morgan fingerprint density at radius 3 is 1.96 bits per heavy atom. The number of hydrogen-bond donors (Lipinski definition) is 19. The molecule has 18 atom stereocenters. The van der Waals surface area contributed by atoms with Gasteiger partial charge in [0.2, 0.25) is 47.5 Å². The maximum Gasteiger partial charge on any atom is 0.330 e. The molecule has 35 heteroatoms. The Morgan fingerprint density at radius 1 is 0.743 bits per heavy atom. The summed E-state index contributed by atoms with van der Waals surface area (Å²) in [6.45, 7) is 5.74. The van der Waals surface area contributed by atoms with E-state index in [2.05, 4.69) is 37.2 Å². The van der Waals surface area contributed by atoms with Crippen molar-refractivity contribution in [2.75, 3.05) is 13.7 Å². The molecular formula is C66H75Cl2N9O23S. The molecule has 7 heterocycles. The molecule has 0 radical (unpaired) electrons. The second-order valence-electron chi connectivity index (χ2n) is 25.7. The van der Waals surface area contributed by atoms with Crippen LogP contribution in [0.15, 0.2) is 78.9 Å². The number of hydrogen-bond acceptors (Lipinski definition) is 25. The van der Waals surface area contributed by atoms with Gasteiger partial charge in [0, 0.05) is 34.7 Å². The Morgan fingerprint density at radius 2 is 1.38 bits per heavy atom. The third-order valence-electron chi connectivity index (χ3n) is 17.8. The van der Waals surface area contributed by atoms with E-state index in [0.29, 0.717) is 0 Å². The van der Waals surface area contributed by atoms with Gasteiger partial charge in [0.1, 0.15) is 94.5 Å². The van der Waals surface area contributed by atoms with Gasteiger partial charge >= 0.3 is 5.97 Å². The molecule has 5 aromatic carbocycles. The van der Waals surface area contributed by atoms with Crippen LogP contribution in [0.25, 0.3) is 11.1 Å². The number of amides is 6. The highest BCUT2D eigenvalue weighted by Crippen LogP contribution is 2.50. The van der Waals surface area contributed by atoms with Gasteiger partial charge in [-0.2, -0.15) is 0 Å². The molecule has 3 unspecified atom stereocenters. The van der Waals surface area contributed by atoms with Gasteiger partial charge in [0.05, 0.1) is 41.3 Å². The van der Waals surface area contributed by atoms with Crippen LogP contribution in [0.2, 0.25) is 10.0 Å². The van der Waals surface area contributed by atoms with Crippen LogP contribution in [0.5, 0.6) is 46.0 Å². The number of primary amides is 1. The minimum atomic E-state index is -2.23. The lowest BCUT2D eigenvalue weighted by Gasteiger charge is -2.47. The monoisotopic (exact) mass is 1460 g/mol. The highest BCUT2D eigenvalue weighted by atomic mass is 35.5. The maximum absolute atomic E-state index is 15.5. The van der Waals surface area contributed by atoms with Gasteiger partial charge in [-0.25, -0.2) is 4.79 Å². The molecule has 5 aromatic rings. The number of carbonyl (C=O) groups excluding carboxylic acids is 6. The lowest BCUT2D eigenvalue weighted by atomic mass is 9.86. The zero-order chi connectivity index (χ0) is 73.5. The van der Waals surface area contributed by atoms with Crippen LogP contribution in [0, 0.1) is 5.92 Å². The molecule has 21 N–H and O–H groups in total. The number of nitrogens with one attached hydrogen (secondary N) is 7. The maximum atomic E-state index is 15.5. The Balaban J connectivity index is 1.24. The molecule has 11 bridgehead atoms. The van der Waals surface area contributed by atoms with Gasteiger partial charge in [0.25, 0.3) is 0 Å². The SMILES string of the molecule is CN[C@H](CC(C)C)C(=O)N[C@H]1C(=O)N[C@@H](CC(N)=O)C(=O)N[C@H]2C(=S)N[C@H]3C(=O)N[C@H](C(=O)N[C@H](C(=O)O)c4cc(O)cc(O)c4-c4cc3ccc4O)[C@H](O)c3ccc(c(Cl)c3)Oc3cc2cc(c3O[C@@H]2OC(CO)C(O)[C@H](O)[C@H]2O[C@H]2CC(C)(N)[C@H](O)[C@H](C)O2)Oc2ccc(cc2Cl)[C@H]1O. The molecule has 6 amide bonds. The lowest BCUT2D eigenvalue weighted by Crippen LogP contribution is -2.64. The quantitative estimate of drug-likeness (QED) is 0.0728. The van der Waals surface area contributed by atoms with Crippen LogP contribution >= 0.6 is 35.4 Å². The number of thiocarbonyl (C=S) groups is 1. The van der Waals surface area contributed by atoms with Gasteiger partial charge < -0.3 is 128 Å². The molecule has 0 aromatic heterocycles. The third-order valence-corrected chi connectivity index (χ3v) is 18.7. The number of aliphatic hydroxyl groups excluding tert-OH is 6. The number of aromatic hydroxyl groups is 3. The topological polar surface area (TPSA) is 513 Å². The van der Waals surface area contributed by atoms with Gasteiger partial charge in [-0.3, -0.25) is 28.8 Å². The number of halogens is 2. The summed E-state index contributed by atoms with van der Waals surface area (Å²) in [4.78, 5) is 101. The fraction of sp³-hybridized carbons (Fsp3) is 0.424. The second kappa shape index (κ2) is 30.4. The van der Waals surface area contributed by atoms with Crippen molar-refractivity contribution in [2.45, 2.75) is 156 Å². The van der Waals surface area contributed by atoms with E-state index < -0.39 is 225 Å². The number of carboxylic acids is 1. The molecule has 0 saturated carbocycles. The van der Waals surface area contributed by atoms with Crippen molar-refractivity contribution in [1.29, 1.82) is 0 Å². The largest absolute Gasteiger partial charge is 0.508 e. The highest BCUT2D eigenvalue weighted by Gasteiger charge is 2.51. The van der Waals surface area contributed by atoms with Gasteiger partial charge in [-0.05, 0) is 110 Å². The lowest BCUT2D eigenvalue weighted by molar-refractivity contribution is -0.333. The van der Waals surface area contributed by atoms with Crippen molar-refractivity contribution in [2.24, 2.45) is 17.4 Å². The summed E-state index contributed by atoms with van der Waals surface area (Å²) in [5.74, 6) is -13.6. The van der Waals surface area contributed by atoms with E-state index in [1.54, 1.807) is 0 Å². The molecule has 7 aliphatic rings. The minimum Gasteiger partial charge on any atom is -0.508 e. The number of aliphatic hydroxyl groups is 6. The van der Waals surface area contributed by atoms with Crippen molar-refractivity contribution >= 4 is 81.8 Å². The average Bonchev–Trinajstić information content (AvgIpc) is 0.775. The summed E-state index contributed by atoms with van der Waals surface area (Å²) in [7, 11) is 1.49. The van der Waals surface area contributed by atoms with Crippen LogP contribution in [0.3, 0.4) is 0 Å². The zero-order valence-corrected chi connectivity index (χ0v) is 56.7. The Labute approximate surface area is 590 Å². The molecule has 32 nitrogen and oxygen atoms in total. The Kier molecular flexibility index (Phi) is 22.6. The summed E-state index contributed by atoms with van der Waals surface area (Å²) >= 11 is 20.4. The summed E-state index contributed by atoms with van der Waals surface area (Å²) in [5.41, 5.74) is 8.65. The zero-order valence-electron chi connectivity index (χ0n) is 54.3. The first kappa shape index (κ1) is 74.9. The fourth-order valence-electron chi connectivity index (χ4n) is 12.5. The number of rotatable bonds is 13. The predicted molar refractivity (Wildman–Crippen MR) is 357 cm³/mol. The van der Waals surface area contributed by atoms with Crippen LogP contribution in [-0.2, 0) is 47.8 Å². The Hall–Kier alpha value is -8.78. The van der Waals surface area contributed by atoms with Gasteiger partial charge in [-0.1, -0.05) is 67.5 Å². The average molecular weight is 1470 g/mol. The summed E-state index contributed by atoms with van der Waals surface area (Å²) in [5, 5.41) is 132. The van der Waals surface area contributed by atoms with E-state index in [4.69, 9.17) is 75.3 Å². The molecule has 12 rings (SSSR count). The summed E-state index contributed by atoms with van der Waals surface area (Å²) in [6.07, 6.45) is -18.1. The smallest absolute Gasteiger partial charge is 0.330 e. The van der Waals surface area contributed by atoms with Crippen molar-refractivity contribution in [1.82, 2.24) is 37.2 Å². The van der Waals surface area contributed by atoms with Crippen molar-refractivity contribution < 1.29 is 113 Å². The number of phenols is 3. The molecule has 542 valence electrons. The number of carboxylic acid groups (broad SMARTS) is 1. The standard InChI is InChI=1S/C66H75Cl2N9O23S/c1-23(2)12-34(71-5)58(88)75-49-51(83)26-7-10-38(32(67)14-26)96-40-16-28-17-41(55(40)100-65-56(54(86)53(85)42(22-78)98-65)99-44-21-66(4,70)57(87)24(3)95-44)97-39-11-8-27(15-33(39)68)52(84)50-62(92)74-48(64(93)94)31-18-29(79)19-37(81)45(31)30-13-25(6-9-36(30)80)46(60(90)76-50)77-63(101)47(28)73-59(89)35(20-43(69)82)72-61(49)91/h6-11,13-19,23-24,34-35,42,44,46-54,56-57,65,71,78-81,83-87H,12,20-22,70H2,1-5H3,(H2,69,82)(H,72,91)(H,73,89)(H,74,92)(H,75,88)(H,76,90)(H,77,101)(H,93,94)/t24-,34+,35-,42?,44-,46+,47+,48-,49+,50-,51+,52+,53?,54-,56+,57+,65-,66?/m0/s1. The fourth-order valence-corrected chi connectivity index (χ4v) is 13.3. The molecule has 0 aliphatic carbocycles. The molecular weight excluding hydrogens is 1390 g/mol. The van der Waals surface area contributed by atoms with Crippen LogP contribution in [0.1, 0.15) is 105 Å². The number of aliphatic carboxylic acids is 1. The van der Waals surface area contributed by atoms with Crippen molar-refractivity contribution in [3.05, 3.63) is 117 Å². The molecule has 101 heavy (non-hydrogen) atoms. The first-order valence-electron chi connectivity index (χ1n) is 31.6. The van der Waals surface area contributed by atoms with E-state index in [-0.39, 0.29) is 57.5 Å². The predicted octanol–water partition coefficient (Wildman–Crippen LogP) is 0.907. The Bertz CT molecular complexity index is 4080. The third kappa shape index (κ3) is 16.0. The second-order valence-corrected chi connectivity index (χ2v) is 27.0. The van der Waals surface area contributed by atoms with Crippen molar-refractivity contribution in [3.63, 3.8) is 0 Å². The number of phenolic OH excluding ortho intramolecular Hbond substituents is 3. The molecule has 2 saturated heterocycles. The van der Waals surface area contributed by atoms with Gasteiger partial charge in [-0.15, -0.1) is 0 Å². The number of benzene rings is 5. The number of carbonyl (C=O) groups is 7. The van der Waals surface area contributed by atoms with E-state index in [1.807, 2.05) is 13.8 Å². The molecule has 7 aliphatic heterocycles. The minimum absolute atomic E-state index is 0.0805. The van der Waals surface area contributed by atoms with E-state index in [9.17, 15) is 75.0 Å².